The Morgan fingerprint density at radius 2 is 2.06 bits per heavy atom. The van der Waals surface area contributed by atoms with Crippen LogP contribution in [-0.4, -0.2) is 6.04 Å². The van der Waals surface area contributed by atoms with Gasteiger partial charge in [-0.1, -0.05) is 32.0 Å². The summed E-state index contributed by atoms with van der Waals surface area (Å²) in [7, 11) is 0. The van der Waals surface area contributed by atoms with Crippen LogP contribution < -0.4 is 10.1 Å². The highest BCUT2D eigenvalue weighted by Gasteiger charge is 2.04. The molecule has 0 saturated carbocycles. The third-order valence-electron chi connectivity index (χ3n) is 2.65. The van der Waals surface area contributed by atoms with Crippen molar-refractivity contribution in [2.45, 2.75) is 33.0 Å². The van der Waals surface area contributed by atoms with E-state index in [9.17, 15) is 0 Å². The molecule has 0 fully saturated rings. The maximum atomic E-state index is 5.88. The monoisotopic (exact) mass is 261 g/mol. The minimum atomic E-state index is 0.481. The molecular formula is C15H19NOS. The predicted molar refractivity (Wildman–Crippen MR) is 77.1 cm³/mol. The van der Waals surface area contributed by atoms with Gasteiger partial charge in [-0.2, -0.15) is 11.3 Å². The van der Waals surface area contributed by atoms with Crippen molar-refractivity contribution in [1.82, 2.24) is 5.32 Å². The van der Waals surface area contributed by atoms with Crippen molar-refractivity contribution < 1.29 is 4.74 Å². The Balaban J connectivity index is 1.98. The fourth-order valence-corrected chi connectivity index (χ4v) is 2.29. The summed E-state index contributed by atoms with van der Waals surface area (Å²) in [6.07, 6.45) is 0. The second-order valence-electron chi connectivity index (χ2n) is 4.56. The van der Waals surface area contributed by atoms with Crippen molar-refractivity contribution in [2.24, 2.45) is 0 Å². The van der Waals surface area contributed by atoms with Crippen molar-refractivity contribution >= 4 is 11.3 Å². The van der Waals surface area contributed by atoms with Crippen molar-refractivity contribution in [2.75, 3.05) is 0 Å². The molecule has 2 rings (SSSR count). The van der Waals surface area contributed by atoms with E-state index < -0.39 is 0 Å². The fourth-order valence-electron chi connectivity index (χ4n) is 1.64. The number of nitrogens with one attached hydrogen (secondary N) is 1. The second-order valence-corrected chi connectivity index (χ2v) is 5.34. The van der Waals surface area contributed by atoms with E-state index in [1.165, 1.54) is 11.1 Å². The third-order valence-corrected chi connectivity index (χ3v) is 3.38. The van der Waals surface area contributed by atoms with Gasteiger partial charge >= 0.3 is 0 Å². The number of hydrogen-bond donors (Lipinski definition) is 1. The molecule has 96 valence electrons. The first-order valence-corrected chi connectivity index (χ1v) is 7.15. The highest BCUT2D eigenvalue weighted by Crippen LogP contribution is 2.20. The first-order valence-electron chi connectivity index (χ1n) is 6.21. The van der Waals surface area contributed by atoms with Crippen LogP contribution >= 0.6 is 11.3 Å². The van der Waals surface area contributed by atoms with Gasteiger partial charge in [-0.05, 0) is 28.5 Å². The lowest BCUT2D eigenvalue weighted by molar-refractivity contribution is 0.302. The van der Waals surface area contributed by atoms with Crippen molar-refractivity contribution in [3.8, 4) is 5.75 Å². The van der Waals surface area contributed by atoms with Gasteiger partial charge in [-0.3, -0.25) is 0 Å². The Morgan fingerprint density at radius 3 is 2.78 bits per heavy atom. The highest BCUT2D eigenvalue weighted by molar-refractivity contribution is 7.07. The molecule has 1 aromatic carbocycles. The average Bonchev–Trinajstić information content (AvgIpc) is 2.88. The maximum absolute atomic E-state index is 5.88. The number of rotatable bonds is 6. The molecule has 2 aromatic rings. The Bertz CT molecular complexity index is 465. The van der Waals surface area contributed by atoms with Gasteiger partial charge in [0.05, 0.1) is 0 Å². The quantitative estimate of drug-likeness (QED) is 0.853. The van der Waals surface area contributed by atoms with Gasteiger partial charge in [0.1, 0.15) is 12.4 Å². The SMILES string of the molecule is CC(C)NCc1ccccc1OCc1ccsc1. The van der Waals surface area contributed by atoms with Crippen molar-refractivity contribution in [3.05, 3.63) is 52.2 Å². The van der Waals surface area contributed by atoms with Gasteiger partial charge in [0.2, 0.25) is 0 Å². The Labute approximate surface area is 113 Å². The molecule has 1 aromatic heterocycles. The summed E-state index contributed by atoms with van der Waals surface area (Å²) in [6, 6.07) is 10.8. The molecule has 1 heterocycles. The Morgan fingerprint density at radius 1 is 1.22 bits per heavy atom. The van der Waals surface area contributed by atoms with Crippen LogP contribution in [0.25, 0.3) is 0 Å². The molecule has 0 radical (unpaired) electrons. The zero-order chi connectivity index (χ0) is 12.8. The number of para-hydroxylation sites is 1. The fraction of sp³-hybridized carbons (Fsp3) is 0.333. The minimum absolute atomic E-state index is 0.481. The zero-order valence-corrected chi connectivity index (χ0v) is 11.7. The predicted octanol–water partition coefficient (Wildman–Crippen LogP) is 3.83. The van der Waals surface area contributed by atoms with E-state index in [2.05, 4.69) is 48.1 Å². The topological polar surface area (TPSA) is 21.3 Å². The molecule has 18 heavy (non-hydrogen) atoms. The van der Waals surface area contributed by atoms with E-state index in [-0.39, 0.29) is 0 Å². The van der Waals surface area contributed by atoms with Gasteiger partial charge in [0.15, 0.2) is 0 Å². The molecule has 1 N–H and O–H groups in total. The number of hydrogen-bond acceptors (Lipinski definition) is 3. The van der Waals surface area contributed by atoms with Crippen LogP contribution in [0.5, 0.6) is 5.75 Å². The first kappa shape index (κ1) is 13.1. The minimum Gasteiger partial charge on any atom is -0.489 e. The average molecular weight is 261 g/mol. The third kappa shape index (κ3) is 3.86. The van der Waals surface area contributed by atoms with Crippen LogP contribution in [0.1, 0.15) is 25.0 Å². The first-order chi connectivity index (χ1) is 8.75. The molecule has 0 unspecified atom stereocenters. The van der Waals surface area contributed by atoms with Gasteiger partial charge in [-0.25, -0.2) is 0 Å². The summed E-state index contributed by atoms with van der Waals surface area (Å²) in [6.45, 7) is 5.78. The Hall–Kier alpha value is -1.32. The van der Waals surface area contributed by atoms with Gasteiger partial charge in [0.25, 0.3) is 0 Å². The Kier molecular flexibility index (Phi) is 4.79. The lowest BCUT2D eigenvalue weighted by Crippen LogP contribution is -2.22. The molecule has 0 aliphatic heterocycles. The van der Waals surface area contributed by atoms with E-state index >= 15 is 0 Å². The van der Waals surface area contributed by atoms with Crippen LogP contribution in [0.15, 0.2) is 41.1 Å². The number of ether oxygens (including phenoxy) is 1. The molecular weight excluding hydrogens is 242 g/mol. The molecule has 0 bridgehead atoms. The number of benzene rings is 1. The lowest BCUT2D eigenvalue weighted by Gasteiger charge is -2.13. The van der Waals surface area contributed by atoms with Crippen LogP contribution in [0.4, 0.5) is 0 Å². The van der Waals surface area contributed by atoms with Gasteiger partial charge in [-0.15, -0.1) is 0 Å². The number of thiophene rings is 1. The standard InChI is InChI=1S/C15H19NOS/c1-12(2)16-9-14-5-3-4-6-15(14)17-10-13-7-8-18-11-13/h3-8,11-12,16H,9-10H2,1-2H3. The highest BCUT2D eigenvalue weighted by atomic mass is 32.1. The summed E-state index contributed by atoms with van der Waals surface area (Å²) < 4.78 is 5.88. The summed E-state index contributed by atoms with van der Waals surface area (Å²) in [5.74, 6) is 0.969. The molecule has 0 aliphatic carbocycles. The molecule has 0 aliphatic rings. The summed E-state index contributed by atoms with van der Waals surface area (Å²) >= 11 is 1.70. The van der Waals surface area contributed by atoms with E-state index in [1.54, 1.807) is 11.3 Å². The summed E-state index contributed by atoms with van der Waals surface area (Å²) in [4.78, 5) is 0. The molecule has 0 atom stereocenters. The molecule has 0 saturated heterocycles. The van der Waals surface area contributed by atoms with E-state index in [0.29, 0.717) is 12.6 Å². The largest absolute Gasteiger partial charge is 0.489 e. The van der Waals surface area contributed by atoms with E-state index in [1.807, 2.05) is 12.1 Å². The summed E-state index contributed by atoms with van der Waals surface area (Å²) in [5.41, 5.74) is 2.44. The van der Waals surface area contributed by atoms with E-state index in [4.69, 9.17) is 4.74 Å². The maximum Gasteiger partial charge on any atom is 0.124 e. The normalized spacial score (nSPS) is 10.8. The smallest absolute Gasteiger partial charge is 0.124 e. The zero-order valence-electron chi connectivity index (χ0n) is 10.8. The molecule has 0 amide bonds. The van der Waals surface area contributed by atoms with Gasteiger partial charge < -0.3 is 10.1 Å². The van der Waals surface area contributed by atoms with Crippen LogP contribution in [-0.2, 0) is 13.2 Å². The molecule has 0 spiro atoms. The van der Waals surface area contributed by atoms with Crippen molar-refractivity contribution in [1.29, 1.82) is 0 Å². The van der Waals surface area contributed by atoms with Crippen LogP contribution in [0, 0.1) is 0 Å². The second kappa shape index (κ2) is 6.57. The van der Waals surface area contributed by atoms with Crippen LogP contribution in [0.3, 0.4) is 0 Å². The lowest BCUT2D eigenvalue weighted by atomic mass is 10.2. The molecule has 2 nitrogen and oxygen atoms in total. The summed E-state index contributed by atoms with van der Waals surface area (Å²) in [5, 5.41) is 7.61. The molecule has 3 heteroatoms. The van der Waals surface area contributed by atoms with Crippen molar-refractivity contribution in [3.63, 3.8) is 0 Å². The van der Waals surface area contributed by atoms with Gasteiger partial charge in [0, 0.05) is 18.2 Å². The van der Waals surface area contributed by atoms with E-state index in [0.717, 1.165) is 12.3 Å². The van der Waals surface area contributed by atoms with Crippen LogP contribution in [0.2, 0.25) is 0 Å².